The molecular formula is C21H26N2O4S. The number of aryl methyl sites for hydroxylation is 1. The van der Waals surface area contributed by atoms with E-state index in [1.807, 2.05) is 69.1 Å². The van der Waals surface area contributed by atoms with Crippen LogP contribution in [0.4, 0.5) is 5.69 Å². The van der Waals surface area contributed by atoms with Crippen LogP contribution in [-0.2, 0) is 27.3 Å². The Morgan fingerprint density at radius 3 is 2.43 bits per heavy atom. The number of esters is 1. The number of fused-ring (bicyclic) bond motifs is 1. The average Bonchev–Trinajstić information content (AvgIpc) is 2.76. The van der Waals surface area contributed by atoms with Crippen LogP contribution in [0.25, 0.3) is 0 Å². The standard InChI is InChI=1S/C21H26N2O4S/c1-15-10-12-17(13-11-15)27-28(25)23-14-16-8-6-7-9-18(16)22(4)21(2,3)19(23)20(24)26-5/h6-13,19H,14H2,1-5H3. The number of para-hydroxylation sites is 1. The van der Waals surface area contributed by atoms with E-state index in [0.717, 1.165) is 16.8 Å². The molecule has 0 bridgehead atoms. The Balaban J connectivity index is 2.03. The maximum absolute atomic E-state index is 13.2. The largest absolute Gasteiger partial charge is 0.468 e. The number of anilines is 1. The van der Waals surface area contributed by atoms with E-state index < -0.39 is 28.8 Å². The average molecular weight is 403 g/mol. The van der Waals surface area contributed by atoms with Crippen molar-refractivity contribution in [1.29, 1.82) is 0 Å². The van der Waals surface area contributed by atoms with Gasteiger partial charge in [0.2, 0.25) is 0 Å². The molecule has 0 aliphatic carbocycles. The summed E-state index contributed by atoms with van der Waals surface area (Å²) in [5, 5.41) is 0. The third kappa shape index (κ3) is 3.77. The molecule has 3 rings (SSSR count). The first-order valence-electron chi connectivity index (χ1n) is 9.09. The lowest BCUT2D eigenvalue weighted by atomic mass is 9.92. The molecule has 1 aliphatic rings. The van der Waals surface area contributed by atoms with Crippen molar-refractivity contribution in [1.82, 2.24) is 4.31 Å². The van der Waals surface area contributed by atoms with Crippen LogP contribution in [0, 0.1) is 6.92 Å². The SMILES string of the molecule is COC(=O)C1N(S(=O)Oc2ccc(C)cc2)Cc2ccccc2N(C)C1(C)C. The number of hydrogen-bond acceptors (Lipinski definition) is 5. The first-order valence-corrected chi connectivity index (χ1v) is 10.1. The molecule has 2 aromatic rings. The number of carbonyl (C=O) groups is 1. The highest BCUT2D eigenvalue weighted by molar-refractivity contribution is 7.78. The summed E-state index contributed by atoms with van der Waals surface area (Å²) in [5.41, 5.74) is 2.34. The molecule has 0 saturated carbocycles. The van der Waals surface area contributed by atoms with Gasteiger partial charge in [-0.3, -0.25) is 4.79 Å². The van der Waals surface area contributed by atoms with Crippen molar-refractivity contribution in [3.63, 3.8) is 0 Å². The molecule has 0 spiro atoms. The normalized spacial score (nSPS) is 20.0. The van der Waals surface area contributed by atoms with Crippen LogP contribution < -0.4 is 9.08 Å². The van der Waals surface area contributed by atoms with E-state index in [9.17, 15) is 9.00 Å². The van der Waals surface area contributed by atoms with Gasteiger partial charge in [0, 0.05) is 19.3 Å². The van der Waals surface area contributed by atoms with Crippen molar-refractivity contribution in [2.45, 2.75) is 38.9 Å². The molecular weight excluding hydrogens is 376 g/mol. The third-order valence-corrected chi connectivity index (χ3v) is 6.36. The Labute approximate surface area is 168 Å². The highest BCUT2D eigenvalue weighted by Crippen LogP contribution is 2.37. The monoisotopic (exact) mass is 402 g/mol. The molecule has 2 unspecified atom stereocenters. The van der Waals surface area contributed by atoms with E-state index >= 15 is 0 Å². The van der Waals surface area contributed by atoms with Crippen LogP contribution >= 0.6 is 0 Å². The molecule has 0 fully saturated rings. The summed E-state index contributed by atoms with van der Waals surface area (Å²) >= 11 is -1.89. The second-order valence-electron chi connectivity index (χ2n) is 7.46. The zero-order valence-corrected chi connectivity index (χ0v) is 17.7. The van der Waals surface area contributed by atoms with Gasteiger partial charge in [-0.25, -0.2) is 0 Å². The van der Waals surface area contributed by atoms with Crippen molar-refractivity contribution in [2.75, 3.05) is 19.1 Å². The summed E-state index contributed by atoms with van der Waals surface area (Å²) in [6, 6.07) is 14.4. The van der Waals surface area contributed by atoms with Gasteiger partial charge < -0.3 is 13.8 Å². The molecule has 0 radical (unpaired) electrons. The van der Waals surface area contributed by atoms with Crippen LogP contribution in [-0.4, -0.2) is 40.2 Å². The smallest absolute Gasteiger partial charge is 0.326 e. The topological polar surface area (TPSA) is 59.1 Å². The lowest BCUT2D eigenvalue weighted by Gasteiger charge is -2.42. The van der Waals surface area contributed by atoms with Crippen molar-refractivity contribution < 1.29 is 17.9 Å². The van der Waals surface area contributed by atoms with Gasteiger partial charge in [-0.1, -0.05) is 35.9 Å². The Bertz CT molecular complexity index is 882. The fraction of sp³-hybridized carbons (Fsp3) is 0.381. The molecule has 0 N–H and O–H groups in total. The summed E-state index contributed by atoms with van der Waals surface area (Å²) < 4.78 is 25.6. The zero-order valence-electron chi connectivity index (χ0n) is 16.8. The highest BCUT2D eigenvalue weighted by Gasteiger charge is 2.48. The Morgan fingerprint density at radius 2 is 1.79 bits per heavy atom. The summed E-state index contributed by atoms with van der Waals surface area (Å²) in [7, 11) is 3.28. The predicted molar refractivity (Wildman–Crippen MR) is 110 cm³/mol. The van der Waals surface area contributed by atoms with Gasteiger partial charge in [-0.2, -0.15) is 8.51 Å². The Morgan fingerprint density at radius 1 is 1.14 bits per heavy atom. The van der Waals surface area contributed by atoms with Crippen LogP contribution in [0.2, 0.25) is 0 Å². The summed E-state index contributed by atoms with van der Waals surface area (Å²) in [6.07, 6.45) is 0. The Kier molecular flexibility index (Phi) is 5.76. The quantitative estimate of drug-likeness (QED) is 0.735. The number of ether oxygens (including phenoxy) is 1. The lowest BCUT2D eigenvalue weighted by Crippen LogP contribution is -2.60. The number of hydrogen-bond donors (Lipinski definition) is 0. The fourth-order valence-corrected chi connectivity index (χ4v) is 4.59. The molecule has 6 nitrogen and oxygen atoms in total. The maximum Gasteiger partial charge on any atom is 0.326 e. The summed E-state index contributed by atoms with van der Waals surface area (Å²) in [6.45, 7) is 6.14. The molecule has 28 heavy (non-hydrogen) atoms. The van der Waals surface area contributed by atoms with Gasteiger partial charge >= 0.3 is 5.97 Å². The van der Waals surface area contributed by atoms with Crippen LogP contribution in [0.1, 0.15) is 25.0 Å². The van der Waals surface area contributed by atoms with E-state index in [4.69, 9.17) is 8.92 Å². The third-order valence-electron chi connectivity index (χ3n) is 5.31. The van der Waals surface area contributed by atoms with E-state index in [2.05, 4.69) is 0 Å². The Hall–Kier alpha value is -2.38. The van der Waals surface area contributed by atoms with Crippen LogP contribution in [0.15, 0.2) is 48.5 Å². The van der Waals surface area contributed by atoms with Gasteiger partial charge in [0.05, 0.1) is 12.6 Å². The molecule has 0 saturated heterocycles. The first kappa shape index (κ1) is 20.4. The second kappa shape index (κ2) is 7.93. The minimum absolute atomic E-state index is 0.294. The van der Waals surface area contributed by atoms with Gasteiger partial charge in [0.15, 0.2) is 0 Å². The minimum atomic E-state index is -1.89. The lowest BCUT2D eigenvalue weighted by molar-refractivity contribution is -0.147. The molecule has 2 atom stereocenters. The number of nitrogens with zero attached hydrogens (tertiary/aromatic N) is 2. The molecule has 150 valence electrons. The van der Waals surface area contributed by atoms with E-state index in [1.165, 1.54) is 7.11 Å². The van der Waals surface area contributed by atoms with Crippen molar-refractivity contribution in [3.05, 3.63) is 59.7 Å². The number of likely N-dealkylation sites (N-methyl/N-ethyl adjacent to an activating group) is 1. The molecule has 0 amide bonds. The van der Waals surface area contributed by atoms with Crippen molar-refractivity contribution in [2.24, 2.45) is 0 Å². The first-order chi connectivity index (χ1) is 13.3. The number of benzene rings is 2. The highest BCUT2D eigenvalue weighted by atomic mass is 32.2. The molecule has 2 aromatic carbocycles. The molecule has 0 aromatic heterocycles. The maximum atomic E-state index is 13.2. The number of carbonyl (C=O) groups excluding carboxylic acids is 1. The van der Waals surface area contributed by atoms with E-state index in [-0.39, 0.29) is 0 Å². The van der Waals surface area contributed by atoms with E-state index in [1.54, 1.807) is 16.4 Å². The van der Waals surface area contributed by atoms with E-state index in [0.29, 0.717) is 12.3 Å². The van der Waals surface area contributed by atoms with Crippen LogP contribution in [0.5, 0.6) is 5.75 Å². The second-order valence-corrected chi connectivity index (χ2v) is 8.53. The van der Waals surface area contributed by atoms with Gasteiger partial charge in [0.1, 0.15) is 11.8 Å². The number of methoxy groups -OCH3 is 1. The minimum Gasteiger partial charge on any atom is -0.468 e. The van der Waals surface area contributed by atoms with Crippen LogP contribution in [0.3, 0.4) is 0 Å². The number of rotatable bonds is 4. The van der Waals surface area contributed by atoms with Gasteiger partial charge in [-0.15, -0.1) is 0 Å². The van der Waals surface area contributed by atoms with Gasteiger partial charge in [0.25, 0.3) is 11.3 Å². The molecule has 1 heterocycles. The van der Waals surface area contributed by atoms with Gasteiger partial charge in [-0.05, 0) is 44.5 Å². The van der Waals surface area contributed by atoms with Crippen molar-refractivity contribution in [3.8, 4) is 5.75 Å². The fourth-order valence-electron chi connectivity index (χ4n) is 3.46. The molecule has 7 heteroatoms. The molecule has 1 aliphatic heterocycles. The summed E-state index contributed by atoms with van der Waals surface area (Å²) in [5.74, 6) is 0.0294. The van der Waals surface area contributed by atoms with Crippen molar-refractivity contribution >= 4 is 22.9 Å². The zero-order chi connectivity index (χ0) is 20.5. The predicted octanol–water partition coefficient (Wildman–Crippen LogP) is 3.22. The summed E-state index contributed by atoms with van der Waals surface area (Å²) in [4.78, 5) is 14.8.